The van der Waals surface area contributed by atoms with Gasteiger partial charge < -0.3 is 19.9 Å². The highest BCUT2D eigenvalue weighted by Gasteiger charge is 2.27. The highest BCUT2D eigenvalue weighted by Crippen LogP contribution is 2.28. The summed E-state index contributed by atoms with van der Waals surface area (Å²) in [6.07, 6.45) is 1.61. The van der Waals surface area contributed by atoms with Crippen molar-refractivity contribution < 1.29 is 24.2 Å². The van der Waals surface area contributed by atoms with Gasteiger partial charge in [-0.2, -0.15) is 0 Å². The lowest BCUT2D eigenvalue weighted by atomic mass is 9.94. The molecule has 0 unspecified atom stereocenters. The van der Waals surface area contributed by atoms with Crippen LogP contribution >= 0.6 is 0 Å². The third kappa shape index (κ3) is 4.51. The standard InChI is InChI=1S/C16H21NO5/c1-5-8-22-12-7-6-11(9-13(12)21-4)14(18)17-10-16(2,3)15(19)20/h5-7,9H,1,8,10H2,2-4H3,(H,17,18)(H,19,20). The molecule has 1 rings (SSSR count). The van der Waals surface area contributed by atoms with E-state index in [-0.39, 0.29) is 12.5 Å². The Bertz CT molecular complexity index is 566. The van der Waals surface area contributed by atoms with Crippen LogP contribution in [0.2, 0.25) is 0 Å². The number of rotatable bonds is 8. The van der Waals surface area contributed by atoms with Gasteiger partial charge in [0.15, 0.2) is 11.5 Å². The molecular formula is C16H21NO5. The second-order valence-electron chi connectivity index (χ2n) is 5.34. The van der Waals surface area contributed by atoms with Gasteiger partial charge in [0.25, 0.3) is 5.91 Å². The van der Waals surface area contributed by atoms with Crippen molar-refractivity contribution in [2.45, 2.75) is 13.8 Å². The van der Waals surface area contributed by atoms with Crippen molar-refractivity contribution in [3.63, 3.8) is 0 Å². The maximum absolute atomic E-state index is 12.1. The molecule has 0 saturated carbocycles. The van der Waals surface area contributed by atoms with E-state index in [9.17, 15) is 9.59 Å². The molecule has 1 aromatic carbocycles. The first-order chi connectivity index (χ1) is 10.3. The molecule has 0 spiro atoms. The van der Waals surface area contributed by atoms with Gasteiger partial charge in [0.05, 0.1) is 12.5 Å². The number of hydrogen-bond donors (Lipinski definition) is 2. The van der Waals surface area contributed by atoms with E-state index in [4.69, 9.17) is 14.6 Å². The zero-order valence-corrected chi connectivity index (χ0v) is 13.0. The fourth-order valence-electron chi connectivity index (χ4n) is 1.56. The fraction of sp³-hybridized carbons (Fsp3) is 0.375. The molecule has 120 valence electrons. The molecule has 1 amide bonds. The summed E-state index contributed by atoms with van der Waals surface area (Å²) in [7, 11) is 1.48. The first-order valence-electron chi connectivity index (χ1n) is 6.75. The van der Waals surface area contributed by atoms with Crippen LogP contribution in [-0.4, -0.2) is 37.2 Å². The summed E-state index contributed by atoms with van der Waals surface area (Å²) in [5.41, 5.74) is -0.670. The first kappa shape index (κ1) is 17.6. The van der Waals surface area contributed by atoms with E-state index in [1.807, 2.05) is 0 Å². The van der Waals surface area contributed by atoms with Crippen molar-refractivity contribution in [2.75, 3.05) is 20.3 Å². The van der Waals surface area contributed by atoms with Crippen LogP contribution in [0.5, 0.6) is 11.5 Å². The molecule has 0 atom stereocenters. The lowest BCUT2D eigenvalue weighted by molar-refractivity contribution is -0.146. The largest absolute Gasteiger partial charge is 0.493 e. The Kier molecular flexibility index (Phi) is 5.98. The summed E-state index contributed by atoms with van der Waals surface area (Å²) >= 11 is 0. The van der Waals surface area contributed by atoms with Gasteiger partial charge in [-0.3, -0.25) is 9.59 Å². The van der Waals surface area contributed by atoms with E-state index < -0.39 is 11.4 Å². The maximum atomic E-state index is 12.1. The average Bonchev–Trinajstić information content (AvgIpc) is 2.50. The molecule has 22 heavy (non-hydrogen) atoms. The average molecular weight is 307 g/mol. The van der Waals surface area contributed by atoms with Gasteiger partial charge in [0.2, 0.25) is 0 Å². The molecular weight excluding hydrogens is 286 g/mol. The predicted molar refractivity (Wildman–Crippen MR) is 82.4 cm³/mol. The van der Waals surface area contributed by atoms with Crippen LogP contribution in [0.15, 0.2) is 30.9 Å². The lowest BCUT2D eigenvalue weighted by Crippen LogP contribution is -2.38. The van der Waals surface area contributed by atoms with Gasteiger partial charge in [-0.1, -0.05) is 12.7 Å². The summed E-state index contributed by atoms with van der Waals surface area (Å²) in [5, 5.41) is 11.6. The van der Waals surface area contributed by atoms with Crippen LogP contribution in [0.25, 0.3) is 0 Å². The molecule has 0 radical (unpaired) electrons. The van der Waals surface area contributed by atoms with Crippen LogP contribution in [0.3, 0.4) is 0 Å². The Labute approximate surface area is 129 Å². The summed E-state index contributed by atoms with van der Waals surface area (Å²) in [6.45, 7) is 7.00. The minimum atomic E-state index is -1.03. The number of methoxy groups -OCH3 is 1. The Morgan fingerprint density at radius 3 is 2.59 bits per heavy atom. The summed E-state index contributed by atoms with van der Waals surface area (Å²) in [6, 6.07) is 4.76. The van der Waals surface area contributed by atoms with Gasteiger partial charge in [-0.25, -0.2) is 0 Å². The van der Waals surface area contributed by atoms with Crippen LogP contribution in [0.1, 0.15) is 24.2 Å². The number of nitrogens with one attached hydrogen (secondary N) is 1. The Balaban J connectivity index is 2.82. The number of hydrogen-bond acceptors (Lipinski definition) is 4. The van der Waals surface area contributed by atoms with E-state index in [0.29, 0.717) is 23.7 Å². The van der Waals surface area contributed by atoms with Crippen molar-refractivity contribution in [3.8, 4) is 11.5 Å². The summed E-state index contributed by atoms with van der Waals surface area (Å²) < 4.78 is 10.6. The molecule has 0 bridgehead atoms. The van der Waals surface area contributed by atoms with Crippen molar-refractivity contribution in [1.29, 1.82) is 0 Å². The van der Waals surface area contributed by atoms with E-state index in [1.54, 1.807) is 38.1 Å². The molecule has 2 N–H and O–H groups in total. The van der Waals surface area contributed by atoms with Gasteiger partial charge >= 0.3 is 5.97 Å². The number of carbonyl (C=O) groups excluding carboxylic acids is 1. The monoisotopic (exact) mass is 307 g/mol. The Hall–Kier alpha value is -2.50. The number of carbonyl (C=O) groups is 2. The zero-order valence-electron chi connectivity index (χ0n) is 13.0. The number of carboxylic acid groups (broad SMARTS) is 1. The van der Waals surface area contributed by atoms with Crippen molar-refractivity contribution in [3.05, 3.63) is 36.4 Å². The third-order valence-corrected chi connectivity index (χ3v) is 3.05. The minimum Gasteiger partial charge on any atom is -0.493 e. The molecule has 0 aliphatic carbocycles. The van der Waals surface area contributed by atoms with Crippen LogP contribution in [0, 0.1) is 5.41 Å². The van der Waals surface area contributed by atoms with Crippen molar-refractivity contribution >= 4 is 11.9 Å². The lowest BCUT2D eigenvalue weighted by Gasteiger charge is -2.19. The molecule has 0 fully saturated rings. The second kappa shape index (κ2) is 7.49. The van der Waals surface area contributed by atoms with E-state index in [2.05, 4.69) is 11.9 Å². The van der Waals surface area contributed by atoms with Crippen LogP contribution in [0.4, 0.5) is 0 Å². The highest BCUT2D eigenvalue weighted by atomic mass is 16.5. The molecule has 0 heterocycles. The smallest absolute Gasteiger partial charge is 0.310 e. The Morgan fingerprint density at radius 2 is 2.05 bits per heavy atom. The molecule has 0 aliphatic heterocycles. The second-order valence-corrected chi connectivity index (χ2v) is 5.34. The molecule has 6 heteroatoms. The molecule has 1 aromatic rings. The summed E-state index contributed by atoms with van der Waals surface area (Å²) in [4.78, 5) is 23.1. The highest BCUT2D eigenvalue weighted by molar-refractivity contribution is 5.95. The zero-order chi connectivity index (χ0) is 16.8. The molecule has 0 saturated heterocycles. The van der Waals surface area contributed by atoms with Gasteiger partial charge in [-0.15, -0.1) is 0 Å². The third-order valence-electron chi connectivity index (χ3n) is 3.05. The molecule has 6 nitrogen and oxygen atoms in total. The first-order valence-corrected chi connectivity index (χ1v) is 6.75. The fourth-order valence-corrected chi connectivity index (χ4v) is 1.56. The topological polar surface area (TPSA) is 84.9 Å². The number of aliphatic carboxylic acids is 1. The Morgan fingerprint density at radius 1 is 1.36 bits per heavy atom. The van der Waals surface area contributed by atoms with E-state index in [0.717, 1.165) is 0 Å². The van der Waals surface area contributed by atoms with E-state index in [1.165, 1.54) is 7.11 Å². The quantitative estimate of drug-likeness (QED) is 0.718. The summed E-state index contributed by atoms with van der Waals surface area (Å²) in [5.74, 6) is -0.418. The number of benzene rings is 1. The van der Waals surface area contributed by atoms with Gasteiger partial charge in [-0.05, 0) is 32.0 Å². The predicted octanol–water partition coefficient (Wildman–Crippen LogP) is 2.10. The maximum Gasteiger partial charge on any atom is 0.310 e. The van der Waals surface area contributed by atoms with Crippen molar-refractivity contribution in [2.24, 2.45) is 5.41 Å². The van der Waals surface area contributed by atoms with Crippen LogP contribution < -0.4 is 14.8 Å². The SMILES string of the molecule is C=CCOc1ccc(C(=O)NCC(C)(C)C(=O)O)cc1OC. The number of ether oxygens (including phenoxy) is 2. The van der Waals surface area contributed by atoms with E-state index >= 15 is 0 Å². The van der Waals surface area contributed by atoms with Crippen molar-refractivity contribution in [1.82, 2.24) is 5.32 Å². The molecule has 0 aromatic heterocycles. The van der Waals surface area contributed by atoms with Crippen LogP contribution in [-0.2, 0) is 4.79 Å². The van der Waals surface area contributed by atoms with Gasteiger partial charge in [0.1, 0.15) is 6.61 Å². The number of carboxylic acids is 1. The molecule has 0 aliphatic rings. The number of amides is 1. The normalized spacial score (nSPS) is 10.7. The minimum absolute atomic E-state index is 0.0260. The van der Waals surface area contributed by atoms with Gasteiger partial charge in [0, 0.05) is 12.1 Å².